The summed E-state index contributed by atoms with van der Waals surface area (Å²) in [5.41, 5.74) is 4.42. The van der Waals surface area contributed by atoms with Crippen molar-refractivity contribution in [2.45, 2.75) is 18.5 Å². The van der Waals surface area contributed by atoms with Crippen molar-refractivity contribution in [2.24, 2.45) is 16.8 Å². The molecule has 138 valence electrons. The quantitative estimate of drug-likeness (QED) is 0.657. The number of hydrogen-bond donors (Lipinski definition) is 3. The van der Waals surface area contributed by atoms with Crippen LogP contribution in [0.15, 0.2) is 77.5 Å². The fraction of sp³-hybridized carbons (Fsp3) is 0.208. The van der Waals surface area contributed by atoms with E-state index < -0.39 is 0 Å². The predicted octanol–water partition coefficient (Wildman–Crippen LogP) is 2.10. The Balaban J connectivity index is 1.48. The van der Waals surface area contributed by atoms with Gasteiger partial charge in [0, 0.05) is 52.4 Å². The Morgan fingerprint density at radius 2 is 1.71 bits per heavy atom. The Morgan fingerprint density at radius 3 is 2.64 bits per heavy atom. The number of aliphatic imine (C=N–C) groups is 1. The first-order chi connectivity index (χ1) is 13.8. The minimum Gasteiger partial charge on any atom is -0.359 e. The number of hydrogen-bond acceptors (Lipinski definition) is 2. The third kappa shape index (κ3) is 2.77. The van der Waals surface area contributed by atoms with Crippen molar-refractivity contribution in [3.63, 3.8) is 0 Å². The van der Waals surface area contributed by atoms with E-state index in [1.165, 1.54) is 5.69 Å². The van der Waals surface area contributed by atoms with Crippen LogP contribution in [0.4, 0.5) is 0 Å². The van der Waals surface area contributed by atoms with Gasteiger partial charge in [0.2, 0.25) is 0 Å². The van der Waals surface area contributed by atoms with Gasteiger partial charge < -0.3 is 15.3 Å². The zero-order valence-corrected chi connectivity index (χ0v) is 15.5. The monoisotopic (exact) mass is 366 g/mol. The van der Waals surface area contributed by atoms with E-state index in [-0.39, 0.29) is 0 Å². The molecule has 6 rings (SSSR count). The van der Waals surface area contributed by atoms with Crippen LogP contribution in [0.5, 0.6) is 0 Å². The molecule has 2 aromatic heterocycles. The van der Waals surface area contributed by atoms with Crippen LogP contribution in [-0.4, -0.2) is 27.8 Å². The van der Waals surface area contributed by atoms with Crippen LogP contribution in [0.3, 0.4) is 0 Å². The van der Waals surface area contributed by atoms with Gasteiger partial charge in [0.05, 0.1) is 11.4 Å². The average Bonchev–Trinajstić information content (AvgIpc) is 3.47. The van der Waals surface area contributed by atoms with E-state index in [0.717, 1.165) is 34.2 Å². The van der Waals surface area contributed by atoms with Gasteiger partial charge in [0.25, 0.3) is 0 Å². The molecular formula is C24H22N4. The molecule has 0 spiro atoms. The average molecular weight is 366 g/mol. The summed E-state index contributed by atoms with van der Waals surface area (Å²) >= 11 is 0. The Hall–Kier alpha value is -3.11. The van der Waals surface area contributed by atoms with Crippen molar-refractivity contribution in [3.8, 4) is 0 Å². The van der Waals surface area contributed by atoms with Gasteiger partial charge in [-0.3, -0.25) is 0 Å². The van der Waals surface area contributed by atoms with Crippen LogP contribution >= 0.6 is 0 Å². The van der Waals surface area contributed by atoms with Crippen molar-refractivity contribution in [1.82, 2.24) is 15.3 Å². The summed E-state index contributed by atoms with van der Waals surface area (Å²) < 4.78 is 0. The summed E-state index contributed by atoms with van der Waals surface area (Å²) in [6, 6.07) is 9.28. The first-order valence-electron chi connectivity index (χ1n) is 9.96. The lowest BCUT2D eigenvalue weighted by molar-refractivity contribution is 0.477. The molecule has 1 fully saturated rings. The Kier molecular flexibility index (Phi) is 3.53. The molecule has 28 heavy (non-hydrogen) atoms. The molecule has 1 saturated heterocycles. The highest BCUT2D eigenvalue weighted by Crippen LogP contribution is 2.35. The summed E-state index contributed by atoms with van der Waals surface area (Å²) in [5, 5.41) is 6.02. The number of rotatable bonds is 0. The normalized spacial score (nSPS) is 29.7. The summed E-state index contributed by atoms with van der Waals surface area (Å²) in [6.07, 6.45) is 20.8. The number of aromatic amines is 2. The SMILES string of the molecule is C1=CC2C3C=C4C=CC(=N4)C=c4ccc([nH]4)=Cc4ccc([nH]4)CC(N3)C2C=C1. The van der Waals surface area contributed by atoms with Crippen molar-refractivity contribution >= 4 is 17.9 Å². The van der Waals surface area contributed by atoms with Gasteiger partial charge >= 0.3 is 0 Å². The number of H-pyrrole nitrogens is 2. The topological polar surface area (TPSA) is 56.0 Å². The van der Waals surface area contributed by atoms with Gasteiger partial charge in [-0.2, -0.15) is 0 Å². The maximum atomic E-state index is 4.81. The first-order valence-corrected chi connectivity index (χ1v) is 9.96. The second-order valence-corrected chi connectivity index (χ2v) is 7.99. The zero-order valence-electron chi connectivity index (χ0n) is 15.5. The Labute approximate surface area is 163 Å². The second kappa shape index (κ2) is 6.21. The lowest BCUT2D eigenvalue weighted by Gasteiger charge is -2.21. The van der Waals surface area contributed by atoms with Gasteiger partial charge in [-0.1, -0.05) is 24.3 Å². The number of allylic oxidation sites excluding steroid dienone is 4. The van der Waals surface area contributed by atoms with E-state index in [9.17, 15) is 0 Å². The molecule has 8 bridgehead atoms. The van der Waals surface area contributed by atoms with E-state index in [0.29, 0.717) is 23.9 Å². The molecule has 4 nitrogen and oxygen atoms in total. The van der Waals surface area contributed by atoms with E-state index >= 15 is 0 Å². The van der Waals surface area contributed by atoms with Crippen LogP contribution in [-0.2, 0) is 6.42 Å². The van der Waals surface area contributed by atoms with Gasteiger partial charge in [0.15, 0.2) is 0 Å². The van der Waals surface area contributed by atoms with E-state index in [1.54, 1.807) is 0 Å². The lowest BCUT2D eigenvalue weighted by atomic mass is 9.82. The Bertz CT molecular complexity index is 1200. The first kappa shape index (κ1) is 15.9. The number of fused-ring (bicyclic) bond motifs is 10. The molecule has 4 unspecified atom stereocenters. The molecule has 3 N–H and O–H groups in total. The second-order valence-electron chi connectivity index (χ2n) is 7.99. The lowest BCUT2D eigenvalue weighted by Crippen LogP contribution is -2.32. The van der Waals surface area contributed by atoms with Gasteiger partial charge in [-0.25, -0.2) is 4.99 Å². The summed E-state index contributed by atoms with van der Waals surface area (Å²) in [4.78, 5) is 11.8. The summed E-state index contributed by atoms with van der Waals surface area (Å²) in [5.74, 6) is 0.977. The van der Waals surface area contributed by atoms with Crippen LogP contribution in [0.25, 0.3) is 12.2 Å². The van der Waals surface area contributed by atoms with Gasteiger partial charge in [0.1, 0.15) is 0 Å². The Morgan fingerprint density at radius 1 is 0.857 bits per heavy atom. The molecule has 4 atom stereocenters. The highest BCUT2D eigenvalue weighted by atomic mass is 15.0. The van der Waals surface area contributed by atoms with E-state index in [2.05, 4.69) is 94.2 Å². The molecule has 3 aliphatic heterocycles. The van der Waals surface area contributed by atoms with E-state index in [1.807, 2.05) is 0 Å². The number of nitrogens with zero attached hydrogens (tertiary/aromatic N) is 1. The highest BCUT2D eigenvalue weighted by Gasteiger charge is 2.40. The molecular weight excluding hydrogens is 344 g/mol. The van der Waals surface area contributed by atoms with Gasteiger partial charge in [-0.05, 0) is 54.6 Å². The molecule has 4 aliphatic rings. The number of aromatic nitrogens is 2. The maximum absolute atomic E-state index is 4.81. The molecule has 0 radical (unpaired) electrons. The fourth-order valence-corrected chi connectivity index (χ4v) is 4.80. The molecule has 0 saturated carbocycles. The zero-order chi connectivity index (χ0) is 18.5. The predicted molar refractivity (Wildman–Crippen MR) is 113 cm³/mol. The fourth-order valence-electron chi connectivity index (χ4n) is 4.80. The third-order valence-electron chi connectivity index (χ3n) is 6.10. The van der Waals surface area contributed by atoms with Crippen LogP contribution in [0.1, 0.15) is 11.4 Å². The minimum atomic E-state index is 0.296. The minimum absolute atomic E-state index is 0.296. The van der Waals surface area contributed by atoms with Crippen LogP contribution < -0.4 is 16.0 Å². The number of nitrogens with one attached hydrogen (secondary N) is 3. The van der Waals surface area contributed by atoms with Gasteiger partial charge in [-0.15, -0.1) is 0 Å². The van der Waals surface area contributed by atoms with Crippen molar-refractivity contribution in [2.75, 3.05) is 0 Å². The summed E-state index contributed by atoms with van der Waals surface area (Å²) in [6.45, 7) is 0. The molecule has 0 aromatic carbocycles. The molecule has 2 aromatic rings. The van der Waals surface area contributed by atoms with Crippen molar-refractivity contribution in [1.29, 1.82) is 0 Å². The molecule has 0 amide bonds. The van der Waals surface area contributed by atoms with Crippen molar-refractivity contribution < 1.29 is 0 Å². The van der Waals surface area contributed by atoms with Crippen LogP contribution in [0.2, 0.25) is 0 Å². The van der Waals surface area contributed by atoms with Crippen LogP contribution in [0, 0.1) is 11.8 Å². The third-order valence-corrected chi connectivity index (χ3v) is 6.10. The summed E-state index contributed by atoms with van der Waals surface area (Å²) in [7, 11) is 0. The van der Waals surface area contributed by atoms with Crippen molar-refractivity contribution in [3.05, 3.63) is 94.6 Å². The smallest absolute Gasteiger partial charge is 0.0658 e. The molecule has 5 heterocycles. The largest absolute Gasteiger partial charge is 0.359 e. The molecule has 1 aliphatic carbocycles. The maximum Gasteiger partial charge on any atom is 0.0658 e. The molecule has 4 heteroatoms. The highest BCUT2D eigenvalue weighted by molar-refractivity contribution is 6.19. The standard InChI is InChI=1S/C24H22N4/c1-2-4-22-21(3-1)23-13-19-9-7-17(26-19)11-15-5-6-16(25-15)12-18-8-10-20(27-18)14-24(22)28-23/h1-13,21-25,27-28H,14H2. The van der Waals surface area contributed by atoms with E-state index in [4.69, 9.17) is 4.99 Å².